The quantitative estimate of drug-likeness (QED) is 0.115. The molecule has 0 saturated carbocycles. The van der Waals surface area contributed by atoms with E-state index in [-0.39, 0.29) is 42.0 Å². The average Bonchev–Trinajstić information content (AvgIpc) is 3.71. The van der Waals surface area contributed by atoms with Crippen LogP contribution in [0.4, 0.5) is 5.95 Å². The number of hydrogen-bond acceptors (Lipinski definition) is 10. The number of H-pyrrole nitrogens is 1. The molecule has 3 N–H and O–H groups in total. The Morgan fingerprint density at radius 3 is 2.38 bits per heavy atom. The number of aliphatic hydroxyl groups is 1. The topological polar surface area (TPSA) is 159 Å². The first-order valence-electron chi connectivity index (χ1n) is 15.7. The van der Waals surface area contributed by atoms with E-state index in [0.717, 1.165) is 16.7 Å². The molecule has 1 saturated heterocycles. The van der Waals surface area contributed by atoms with E-state index in [1.165, 1.54) is 6.33 Å². The zero-order valence-electron chi connectivity index (χ0n) is 27.2. The number of hydrogen-bond donors (Lipinski definition) is 3. The molecule has 13 nitrogen and oxygen atoms in total. The number of ether oxygens (including phenoxy) is 3. The molecule has 0 radical (unpaired) electrons. The van der Waals surface area contributed by atoms with Crippen molar-refractivity contribution < 1.29 is 33.9 Å². The maximum absolute atomic E-state index is 12.7. The minimum absolute atomic E-state index is 0.00255. The number of nitrogens with one attached hydrogen (secondary N) is 2. The van der Waals surface area contributed by atoms with Crippen molar-refractivity contribution in [3.8, 4) is 0 Å². The van der Waals surface area contributed by atoms with Crippen molar-refractivity contribution in [2.45, 2.75) is 56.5 Å². The highest BCUT2D eigenvalue weighted by Gasteiger charge is 2.44. The van der Waals surface area contributed by atoms with Crippen LogP contribution in [0.2, 0.25) is 0 Å². The number of rotatable bonds is 12. The van der Waals surface area contributed by atoms with Gasteiger partial charge in [0.2, 0.25) is 11.9 Å². The molecule has 1 fully saturated rings. The van der Waals surface area contributed by atoms with Crippen LogP contribution < -0.4 is 10.9 Å². The lowest BCUT2D eigenvalue weighted by Crippen LogP contribution is -2.38. The molecule has 13 heteroatoms. The molecule has 48 heavy (non-hydrogen) atoms. The average molecular weight is 658 g/mol. The Balaban J connectivity index is 1.25. The van der Waals surface area contributed by atoms with Crippen LogP contribution in [0.15, 0.2) is 95.6 Å². The molecule has 2 aliphatic rings. The molecule has 1 amide bonds. The number of carbonyl (C=O) groups is 1. The number of anilines is 1. The highest BCUT2D eigenvalue weighted by atomic mass is 17.2. The minimum Gasteiger partial charge on any atom is -0.390 e. The monoisotopic (exact) mass is 657 g/mol. The first kappa shape index (κ1) is 33.4. The number of amides is 1. The number of aromatic nitrogens is 4. The van der Waals surface area contributed by atoms with Gasteiger partial charge in [-0.2, -0.15) is 4.98 Å². The van der Waals surface area contributed by atoms with Crippen molar-refractivity contribution in [1.82, 2.24) is 19.5 Å². The first-order chi connectivity index (χ1) is 23.2. The summed E-state index contributed by atoms with van der Waals surface area (Å²) in [4.78, 5) is 48.6. The molecule has 3 heterocycles. The molecule has 1 aliphatic carbocycles. The number of fused-ring (bicyclic) bond motifs is 1. The third-order valence-electron chi connectivity index (χ3n) is 8.71. The van der Waals surface area contributed by atoms with Crippen molar-refractivity contribution in [2.75, 3.05) is 26.1 Å². The highest BCUT2D eigenvalue weighted by Crippen LogP contribution is 2.44. The van der Waals surface area contributed by atoms with E-state index >= 15 is 0 Å². The predicted molar refractivity (Wildman–Crippen MR) is 175 cm³/mol. The standard InChI is InChI=1S/C35H39N5O8/c1-22(2)31(42)38-33-37-30-29(32(43)39-33)36-21-40(30)28-19-26(41)27(47-28)20-46-48-35(23-11-7-5-8-12-23,24-13-9-6-10-14-24)25-15-17-34(44-3,45-4)18-16-25/h5-17,21-22,26-28,41H,18-20H2,1-4H3,(H2,37,38,39,42,43)/t26-,27+,28+/m0/s1. The Morgan fingerprint density at radius 2 is 1.79 bits per heavy atom. The van der Waals surface area contributed by atoms with Gasteiger partial charge in [-0.3, -0.25) is 24.5 Å². The van der Waals surface area contributed by atoms with Crippen molar-refractivity contribution in [1.29, 1.82) is 0 Å². The summed E-state index contributed by atoms with van der Waals surface area (Å²) in [5.74, 6) is -1.52. The van der Waals surface area contributed by atoms with E-state index in [1.54, 1.807) is 32.6 Å². The molecule has 1 aliphatic heterocycles. The molecule has 0 unspecified atom stereocenters. The lowest BCUT2D eigenvalue weighted by Gasteiger charge is -2.38. The van der Waals surface area contributed by atoms with Crippen LogP contribution in [0.5, 0.6) is 0 Å². The van der Waals surface area contributed by atoms with E-state index < -0.39 is 35.4 Å². The number of benzene rings is 2. The Morgan fingerprint density at radius 1 is 1.12 bits per heavy atom. The number of methoxy groups -OCH3 is 2. The normalized spacial score (nSPS) is 20.7. The Kier molecular flexibility index (Phi) is 9.69. The van der Waals surface area contributed by atoms with Gasteiger partial charge in [0, 0.05) is 33.0 Å². The van der Waals surface area contributed by atoms with Gasteiger partial charge in [-0.15, -0.1) is 0 Å². The van der Waals surface area contributed by atoms with Crippen LogP contribution in [0.3, 0.4) is 0 Å². The maximum Gasteiger partial charge on any atom is 0.280 e. The smallest absolute Gasteiger partial charge is 0.280 e. The fourth-order valence-corrected chi connectivity index (χ4v) is 5.92. The van der Waals surface area contributed by atoms with E-state index in [2.05, 4.69) is 20.3 Å². The molecule has 6 rings (SSSR count). The number of aliphatic hydroxyl groups excluding tert-OH is 1. The summed E-state index contributed by atoms with van der Waals surface area (Å²) >= 11 is 0. The molecular formula is C35H39N5O8. The van der Waals surface area contributed by atoms with Gasteiger partial charge in [-0.05, 0) is 22.8 Å². The number of aromatic amines is 1. The fourth-order valence-electron chi connectivity index (χ4n) is 5.92. The molecule has 2 aromatic carbocycles. The molecule has 0 bridgehead atoms. The summed E-state index contributed by atoms with van der Waals surface area (Å²) in [7, 11) is 3.19. The predicted octanol–water partition coefficient (Wildman–Crippen LogP) is 4.13. The van der Waals surface area contributed by atoms with E-state index in [4.69, 9.17) is 24.0 Å². The molecule has 2 aromatic heterocycles. The van der Waals surface area contributed by atoms with Crippen LogP contribution in [-0.2, 0) is 34.4 Å². The van der Waals surface area contributed by atoms with Crippen LogP contribution in [0.25, 0.3) is 11.2 Å². The summed E-state index contributed by atoms with van der Waals surface area (Å²) in [6.07, 6.45) is 5.37. The largest absolute Gasteiger partial charge is 0.390 e. The lowest BCUT2D eigenvalue weighted by molar-refractivity contribution is -0.356. The highest BCUT2D eigenvalue weighted by molar-refractivity contribution is 5.91. The number of carbonyl (C=O) groups excluding carboxylic acids is 1. The molecule has 252 valence electrons. The van der Waals surface area contributed by atoms with Crippen LogP contribution >= 0.6 is 0 Å². The number of imidazole rings is 1. The number of nitrogens with zero attached hydrogens (tertiary/aromatic N) is 3. The van der Waals surface area contributed by atoms with Gasteiger partial charge in [-0.1, -0.05) is 86.7 Å². The van der Waals surface area contributed by atoms with Crippen LogP contribution in [0, 0.1) is 5.92 Å². The Bertz CT molecular complexity index is 1810. The van der Waals surface area contributed by atoms with Gasteiger partial charge < -0.3 is 19.3 Å². The second-order valence-electron chi connectivity index (χ2n) is 12.0. The first-order valence-corrected chi connectivity index (χ1v) is 15.7. The zero-order valence-corrected chi connectivity index (χ0v) is 27.2. The minimum atomic E-state index is -1.20. The Labute approximate surface area is 277 Å². The molecule has 0 spiro atoms. The summed E-state index contributed by atoms with van der Waals surface area (Å²) in [5.41, 5.74) is 1.02. The third-order valence-corrected chi connectivity index (χ3v) is 8.71. The summed E-state index contributed by atoms with van der Waals surface area (Å²) in [6.45, 7) is 3.34. The molecule has 4 aromatic rings. The van der Waals surface area contributed by atoms with Gasteiger partial charge in [0.25, 0.3) is 5.56 Å². The van der Waals surface area contributed by atoms with Crippen LogP contribution in [-0.4, -0.2) is 69.4 Å². The maximum atomic E-state index is 12.7. The van der Waals surface area contributed by atoms with Gasteiger partial charge in [-0.25, -0.2) is 14.8 Å². The summed E-state index contributed by atoms with van der Waals surface area (Å²) in [6, 6.07) is 19.4. The van der Waals surface area contributed by atoms with E-state index in [0.29, 0.717) is 6.42 Å². The van der Waals surface area contributed by atoms with Crippen molar-refractivity contribution >= 4 is 23.0 Å². The Hall–Kier alpha value is -4.50. The molecular weight excluding hydrogens is 618 g/mol. The second-order valence-corrected chi connectivity index (χ2v) is 12.0. The van der Waals surface area contributed by atoms with Gasteiger partial charge in [0.05, 0.1) is 12.4 Å². The van der Waals surface area contributed by atoms with Crippen molar-refractivity contribution in [3.63, 3.8) is 0 Å². The van der Waals surface area contributed by atoms with Gasteiger partial charge >= 0.3 is 0 Å². The lowest BCUT2D eigenvalue weighted by atomic mass is 9.77. The van der Waals surface area contributed by atoms with Crippen molar-refractivity contribution in [2.24, 2.45) is 5.92 Å². The van der Waals surface area contributed by atoms with Gasteiger partial charge in [0.15, 0.2) is 22.6 Å². The summed E-state index contributed by atoms with van der Waals surface area (Å²) in [5, 5.41) is 13.7. The SMILES string of the molecule is COC1(OC)C=CC(C(OOC[C@H]2O[C@@H](n3cnc4c(=O)[nH]c(NC(=O)C(C)C)nc43)C[C@@H]2O)(c2ccccc2)c2ccccc2)=CC1. The second kappa shape index (κ2) is 13.9. The van der Waals surface area contributed by atoms with Crippen molar-refractivity contribution in [3.05, 3.63) is 112 Å². The summed E-state index contributed by atoms with van der Waals surface area (Å²) < 4.78 is 19.1. The van der Waals surface area contributed by atoms with Crippen LogP contribution in [0.1, 0.15) is 44.0 Å². The zero-order chi connectivity index (χ0) is 33.9. The third kappa shape index (κ3) is 6.35. The van der Waals surface area contributed by atoms with E-state index in [1.807, 2.05) is 78.9 Å². The van der Waals surface area contributed by atoms with E-state index in [9.17, 15) is 14.7 Å². The molecule has 3 atom stereocenters. The van der Waals surface area contributed by atoms with Gasteiger partial charge in [0.1, 0.15) is 18.9 Å². The fraction of sp³-hybridized carbons (Fsp3) is 0.371.